The van der Waals surface area contributed by atoms with Crippen molar-refractivity contribution in [3.63, 3.8) is 0 Å². The van der Waals surface area contributed by atoms with Crippen molar-refractivity contribution in [2.45, 2.75) is 13.8 Å². The topological polar surface area (TPSA) is 59.9 Å². The second-order valence-electron chi connectivity index (χ2n) is 3.08. The number of carbonyl (C=O) groups excluding carboxylic acids is 1. The Bertz CT molecular complexity index is 391. The van der Waals surface area contributed by atoms with E-state index in [0.717, 1.165) is 5.56 Å². The molecule has 0 spiro atoms. The molecule has 0 aliphatic rings. The Balaban J connectivity index is 2.87. The van der Waals surface area contributed by atoms with Gasteiger partial charge in [-0.3, -0.25) is 4.79 Å². The smallest absolute Gasteiger partial charge is 0.227 e. The molecule has 92 valence electrons. The number of nitrogens with one attached hydrogen (secondary N) is 1. The van der Waals surface area contributed by atoms with Crippen molar-refractivity contribution >= 4 is 12.6 Å². The van der Waals surface area contributed by atoms with Gasteiger partial charge in [-0.05, 0) is 37.6 Å². The molecule has 5 heteroatoms. The van der Waals surface area contributed by atoms with Crippen LogP contribution in [0.25, 0.3) is 0 Å². The lowest BCUT2D eigenvalue weighted by Crippen LogP contribution is -2.02. The molecule has 0 bridgehead atoms. The fourth-order valence-electron chi connectivity index (χ4n) is 1.29. The normalized spacial score (nSPS) is 10.2. The predicted molar refractivity (Wildman–Crippen MR) is 65.6 cm³/mol. The van der Waals surface area contributed by atoms with E-state index in [0.29, 0.717) is 31.1 Å². The fourth-order valence-corrected chi connectivity index (χ4v) is 1.29. The highest BCUT2D eigenvalue weighted by Gasteiger charge is 2.04. The molecular formula is C12H16N2O3. The highest BCUT2D eigenvalue weighted by molar-refractivity contribution is 5.81. The van der Waals surface area contributed by atoms with Crippen LogP contribution in [-0.4, -0.2) is 25.8 Å². The van der Waals surface area contributed by atoms with Crippen molar-refractivity contribution in [3.05, 3.63) is 23.8 Å². The van der Waals surface area contributed by atoms with Gasteiger partial charge in [0.05, 0.1) is 19.4 Å². The van der Waals surface area contributed by atoms with E-state index in [-0.39, 0.29) is 0 Å². The van der Waals surface area contributed by atoms with Crippen molar-refractivity contribution in [2.24, 2.45) is 5.10 Å². The van der Waals surface area contributed by atoms with E-state index >= 15 is 0 Å². The van der Waals surface area contributed by atoms with Crippen molar-refractivity contribution in [2.75, 3.05) is 13.2 Å². The summed E-state index contributed by atoms with van der Waals surface area (Å²) in [4.78, 5) is 10.0. The van der Waals surface area contributed by atoms with Crippen LogP contribution in [0.4, 0.5) is 0 Å². The number of rotatable bonds is 7. The van der Waals surface area contributed by atoms with Gasteiger partial charge in [0.2, 0.25) is 6.41 Å². The zero-order chi connectivity index (χ0) is 12.5. The van der Waals surface area contributed by atoms with Crippen molar-refractivity contribution in [1.82, 2.24) is 5.43 Å². The van der Waals surface area contributed by atoms with Gasteiger partial charge in [-0.25, -0.2) is 5.43 Å². The number of benzene rings is 1. The first-order valence-corrected chi connectivity index (χ1v) is 5.43. The monoisotopic (exact) mass is 236 g/mol. The largest absolute Gasteiger partial charge is 0.490 e. The second-order valence-corrected chi connectivity index (χ2v) is 3.08. The standard InChI is InChI=1S/C12H16N2O3/c1-3-16-11-6-5-10(8-13-14-9-15)7-12(11)17-4-2/h5-9H,3-4H2,1-2H3,(H,14,15)/b13-8+. The summed E-state index contributed by atoms with van der Waals surface area (Å²) in [6.07, 6.45) is 2.04. The molecule has 5 nitrogen and oxygen atoms in total. The molecule has 17 heavy (non-hydrogen) atoms. The lowest BCUT2D eigenvalue weighted by atomic mass is 10.2. The predicted octanol–water partition coefficient (Wildman–Crippen LogP) is 1.56. The molecule has 0 aliphatic heterocycles. The molecular weight excluding hydrogens is 220 g/mol. The average Bonchev–Trinajstić information content (AvgIpc) is 2.33. The molecule has 0 aromatic heterocycles. The summed E-state index contributed by atoms with van der Waals surface area (Å²) in [5.74, 6) is 1.37. The second kappa shape index (κ2) is 7.27. The average molecular weight is 236 g/mol. The Labute approximate surface area is 100 Å². The molecule has 1 rings (SSSR count). The van der Waals surface area contributed by atoms with E-state index in [1.807, 2.05) is 32.0 Å². The van der Waals surface area contributed by atoms with Crippen molar-refractivity contribution in [3.8, 4) is 11.5 Å². The molecule has 0 saturated carbocycles. The van der Waals surface area contributed by atoms with Gasteiger partial charge in [0.15, 0.2) is 11.5 Å². The Hall–Kier alpha value is -2.04. The summed E-state index contributed by atoms with van der Waals surface area (Å²) in [6, 6.07) is 5.46. The number of carbonyl (C=O) groups is 1. The SMILES string of the molecule is CCOc1ccc(/C=N/NC=O)cc1OCC. The molecule has 0 radical (unpaired) electrons. The van der Waals surface area contributed by atoms with Gasteiger partial charge in [-0.2, -0.15) is 5.10 Å². The number of nitrogens with zero attached hydrogens (tertiary/aromatic N) is 1. The van der Waals surface area contributed by atoms with Crippen LogP contribution < -0.4 is 14.9 Å². The zero-order valence-corrected chi connectivity index (χ0v) is 9.97. The molecule has 0 unspecified atom stereocenters. The summed E-state index contributed by atoms with van der Waals surface area (Å²) < 4.78 is 10.9. The van der Waals surface area contributed by atoms with Gasteiger partial charge in [0.1, 0.15) is 0 Å². The molecule has 0 saturated heterocycles. The first-order valence-electron chi connectivity index (χ1n) is 5.43. The van der Waals surface area contributed by atoms with Crippen molar-refractivity contribution in [1.29, 1.82) is 0 Å². The highest BCUT2D eigenvalue weighted by atomic mass is 16.5. The van der Waals surface area contributed by atoms with Crippen LogP contribution in [0.5, 0.6) is 11.5 Å². The molecule has 0 aliphatic carbocycles. The van der Waals surface area contributed by atoms with E-state index in [9.17, 15) is 4.79 Å². The minimum atomic E-state index is 0.508. The van der Waals surface area contributed by atoms with Gasteiger partial charge >= 0.3 is 0 Å². The molecule has 1 aromatic rings. The van der Waals surface area contributed by atoms with Gasteiger partial charge in [-0.15, -0.1) is 0 Å². The summed E-state index contributed by atoms with van der Waals surface area (Å²) >= 11 is 0. The van der Waals surface area contributed by atoms with Gasteiger partial charge in [-0.1, -0.05) is 0 Å². The number of amides is 1. The van der Waals surface area contributed by atoms with Crippen LogP contribution in [-0.2, 0) is 4.79 Å². The molecule has 0 fully saturated rings. The molecule has 0 atom stereocenters. The van der Waals surface area contributed by atoms with Gasteiger partial charge in [0.25, 0.3) is 0 Å². The Kier molecular flexibility index (Phi) is 5.57. The van der Waals surface area contributed by atoms with Crippen LogP contribution in [0.3, 0.4) is 0 Å². The minimum absolute atomic E-state index is 0.508. The van der Waals surface area contributed by atoms with E-state index in [1.54, 1.807) is 0 Å². The first kappa shape index (κ1) is 13.0. The number of hydrazone groups is 1. The summed E-state index contributed by atoms with van der Waals surface area (Å²) in [6.45, 7) is 4.97. The third kappa shape index (κ3) is 4.14. The molecule has 1 amide bonds. The quantitative estimate of drug-likeness (QED) is 0.444. The van der Waals surface area contributed by atoms with Gasteiger partial charge < -0.3 is 9.47 Å². The third-order valence-corrected chi connectivity index (χ3v) is 1.91. The van der Waals surface area contributed by atoms with E-state index in [4.69, 9.17) is 9.47 Å². The zero-order valence-electron chi connectivity index (χ0n) is 9.97. The fraction of sp³-hybridized carbons (Fsp3) is 0.333. The summed E-state index contributed by atoms with van der Waals surface area (Å²) in [5.41, 5.74) is 3.03. The Morgan fingerprint density at radius 2 is 1.94 bits per heavy atom. The lowest BCUT2D eigenvalue weighted by Gasteiger charge is -2.10. The molecule has 0 heterocycles. The molecule has 1 aromatic carbocycles. The Morgan fingerprint density at radius 1 is 1.24 bits per heavy atom. The van der Waals surface area contributed by atoms with E-state index < -0.39 is 0 Å². The van der Waals surface area contributed by atoms with E-state index in [2.05, 4.69) is 10.5 Å². The minimum Gasteiger partial charge on any atom is -0.490 e. The third-order valence-electron chi connectivity index (χ3n) is 1.91. The number of hydrogen-bond donors (Lipinski definition) is 1. The first-order chi connectivity index (χ1) is 8.31. The Morgan fingerprint density at radius 3 is 2.59 bits per heavy atom. The summed E-state index contributed by atoms with van der Waals surface area (Å²) in [7, 11) is 0. The van der Waals surface area contributed by atoms with Crippen LogP contribution in [0, 0.1) is 0 Å². The van der Waals surface area contributed by atoms with E-state index in [1.165, 1.54) is 6.21 Å². The molecule has 1 N–H and O–H groups in total. The maximum atomic E-state index is 10.0. The maximum absolute atomic E-state index is 10.0. The number of ether oxygens (including phenoxy) is 2. The summed E-state index contributed by atoms with van der Waals surface area (Å²) in [5, 5.41) is 3.70. The van der Waals surface area contributed by atoms with Crippen LogP contribution >= 0.6 is 0 Å². The van der Waals surface area contributed by atoms with Gasteiger partial charge in [0, 0.05) is 0 Å². The number of hydrogen-bond acceptors (Lipinski definition) is 4. The lowest BCUT2D eigenvalue weighted by molar-refractivity contribution is -0.109. The highest BCUT2D eigenvalue weighted by Crippen LogP contribution is 2.27. The van der Waals surface area contributed by atoms with Crippen LogP contribution in [0.15, 0.2) is 23.3 Å². The van der Waals surface area contributed by atoms with Crippen LogP contribution in [0.2, 0.25) is 0 Å². The van der Waals surface area contributed by atoms with Crippen LogP contribution in [0.1, 0.15) is 19.4 Å². The van der Waals surface area contributed by atoms with Crippen molar-refractivity contribution < 1.29 is 14.3 Å². The maximum Gasteiger partial charge on any atom is 0.227 e.